The maximum Gasteiger partial charge on any atom is 0.435 e. The van der Waals surface area contributed by atoms with Gasteiger partial charge in [-0.25, -0.2) is 14.1 Å². The van der Waals surface area contributed by atoms with Crippen molar-refractivity contribution >= 4 is 40.9 Å². The number of carbonyl (C=O) groups is 2. The third-order valence-electron chi connectivity index (χ3n) is 6.71. The highest BCUT2D eigenvalue weighted by atomic mass is 35.5. The zero-order chi connectivity index (χ0) is 28.8. The van der Waals surface area contributed by atoms with Crippen molar-refractivity contribution in [2.45, 2.75) is 44.9 Å². The maximum atomic E-state index is 14.3. The Hall–Kier alpha value is -3.36. The largest absolute Gasteiger partial charge is 0.449 e. The summed E-state index contributed by atoms with van der Waals surface area (Å²) in [6.45, 7) is 3.01. The molecule has 0 N–H and O–H groups in total. The third kappa shape index (κ3) is 5.28. The highest BCUT2D eigenvalue weighted by Crippen LogP contribution is 2.50. The number of carbonyl (C=O) groups excluding carboxylic acids is 2. The molecular formula is C26H21Cl2F4N3O4. The molecule has 2 aromatic carbocycles. The first-order valence-electron chi connectivity index (χ1n) is 11.7. The van der Waals surface area contributed by atoms with Crippen LogP contribution in [0.2, 0.25) is 10.0 Å². The van der Waals surface area contributed by atoms with Crippen LogP contribution in [0.5, 0.6) is 0 Å². The second-order valence-corrected chi connectivity index (χ2v) is 10.2. The van der Waals surface area contributed by atoms with Crippen LogP contribution < -0.4 is 0 Å². The van der Waals surface area contributed by atoms with E-state index in [2.05, 4.69) is 11.2 Å². The molecule has 2 amide bonds. The summed E-state index contributed by atoms with van der Waals surface area (Å²) in [5, 5.41) is 11.9. The van der Waals surface area contributed by atoms with E-state index >= 15 is 0 Å². The molecular weight excluding hydrogens is 565 g/mol. The van der Waals surface area contributed by atoms with Crippen LogP contribution in [-0.2, 0) is 15.2 Å². The molecule has 0 unspecified atom stereocenters. The zero-order valence-corrected chi connectivity index (χ0v) is 22.2. The SMILES string of the molecule is CCOC(=O)N(CC1(C#N)CC1)C(=O)c1ccc(C2=NO[C@@](c3cc(Cl)c(F)c(Cl)c3)(C(F)(F)F)C2)cc1C. The van der Waals surface area contributed by atoms with Gasteiger partial charge in [-0.2, -0.15) is 18.4 Å². The lowest BCUT2D eigenvalue weighted by atomic mass is 9.86. The summed E-state index contributed by atoms with van der Waals surface area (Å²) in [6.07, 6.45) is -5.58. The fourth-order valence-electron chi connectivity index (χ4n) is 4.26. The van der Waals surface area contributed by atoms with Crippen LogP contribution in [0.1, 0.15) is 53.2 Å². The molecule has 13 heteroatoms. The van der Waals surface area contributed by atoms with Gasteiger partial charge in [0.2, 0.25) is 0 Å². The fourth-order valence-corrected chi connectivity index (χ4v) is 4.74. The number of halogens is 6. The van der Waals surface area contributed by atoms with E-state index in [1.165, 1.54) is 18.2 Å². The van der Waals surface area contributed by atoms with Gasteiger partial charge in [0.05, 0.1) is 40.4 Å². The summed E-state index contributed by atoms with van der Waals surface area (Å²) < 4.78 is 61.8. The van der Waals surface area contributed by atoms with Gasteiger partial charge in [-0.05, 0) is 62.1 Å². The van der Waals surface area contributed by atoms with Gasteiger partial charge in [-0.1, -0.05) is 34.4 Å². The highest BCUT2D eigenvalue weighted by molar-refractivity contribution is 6.35. The van der Waals surface area contributed by atoms with Crippen molar-refractivity contribution in [1.29, 1.82) is 5.26 Å². The molecule has 1 aliphatic heterocycles. The molecule has 39 heavy (non-hydrogen) atoms. The molecule has 2 aromatic rings. The van der Waals surface area contributed by atoms with Gasteiger partial charge in [0, 0.05) is 17.5 Å². The molecule has 2 aliphatic rings. The predicted molar refractivity (Wildman–Crippen MR) is 133 cm³/mol. The van der Waals surface area contributed by atoms with Gasteiger partial charge < -0.3 is 9.57 Å². The number of nitriles is 1. The van der Waals surface area contributed by atoms with Crippen molar-refractivity contribution in [2.24, 2.45) is 10.6 Å². The van der Waals surface area contributed by atoms with E-state index in [-0.39, 0.29) is 30.0 Å². The Labute approximate surface area is 230 Å². The summed E-state index contributed by atoms with van der Waals surface area (Å²) in [5.74, 6) is -1.77. The number of hydrogen-bond acceptors (Lipinski definition) is 6. The van der Waals surface area contributed by atoms with Crippen LogP contribution in [-0.4, -0.2) is 41.9 Å². The number of benzene rings is 2. The smallest absolute Gasteiger partial charge is 0.435 e. The number of rotatable bonds is 6. The van der Waals surface area contributed by atoms with Crippen molar-refractivity contribution in [3.8, 4) is 6.07 Å². The molecule has 4 rings (SSSR count). The van der Waals surface area contributed by atoms with E-state index in [4.69, 9.17) is 32.8 Å². The summed E-state index contributed by atoms with van der Waals surface area (Å²) in [5.41, 5.74) is -3.73. The Balaban J connectivity index is 1.63. The van der Waals surface area contributed by atoms with Gasteiger partial charge in [-0.3, -0.25) is 4.79 Å². The maximum absolute atomic E-state index is 14.3. The van der Waals surface area contributed by atoms with Crippen LogP contribution in [0.15, 0.2) is 35.5 Å². The standard InChI is InChI=1S/C26H21Cl2F4N3O4/c1-3-38-23(37)35(13-24(12-33)6-7-24)22(36)17-5-4-15(8-14(17)2)20-11-25(39-34-20,26(30,31)32)16-9-18(27)21(29)19(28)10-16/h4-5,8-10H,3,6-7,11,13H2,1-2H3/t25-/m0/s1. The lowest BCUT2D eigenvalue weighted by molar-refractivity contribution is -0.275. The molecule has 0 aromatic heterocycles. The summed E-state index contributed by atoms with van der Waals surface area (Å²) >= 11 is 11.5. The number of amides is 2. The first-order valence-corrected chi connectivity index (χ1v) is 12.5. The topological polar surface area (TPSA) is 92.0 Å². The van der Waals surface area contributed by atoms with Gasteiger partial charge in [0.1, 0.15) is 0 Å². The number of aryl methyl sites for hydroxylation is 1. The number of imide groups is 1. The Morgan fingerprint density at radius 2 is 1.85 bits per heavy atom. The second-order valence-electron chi connectivity index (χ2n) is 9.40. The number of oxime groups is 1. The van der Waals surface area contributed by atoms with Crippen LogP contribution in [0.4, 0.5) is 22.4 Å². The first-order chi connectivity index (χ1) is 18.3. The minimum atomic E-state index is -4.98. The normalized spacial score (nSPS) is 19.5. The van der Waals surface area contributed by atoms with Gasteiger partial charge in [-0.15, -0.1) is 0 Å². The average molecular weight is 586 g/mol. The van der Waals surface area contributed by atoms with E-state index in [0.717, 1.165) is 17.0 Å². The first kappa shape index (κ1) is 28.6. The van der Waals surface area contributed by atoms with E-state index < -0.39 is 57.0 Å². The Morgan fingerprint density at radius 3 is 2.36 bits per heavy atom. The van der Waals surface area contributed by atoms with Gasteiger partial charge in [0.15, 0.2) is 5.82 Å². The Bertz CT molecular complexity index is 1400. The van der Waals surface area contributed by atoms with Crippen LogP contribution in [0, 0.1) is 29.5 Å². The summed E-state index contributed by atoms with van der Waals surface area (Å²) in [4.78, 5) is 31.7. The van der Waals surface area contributed by atoms with Gasteiger partial charge in [0.25, 0.3) is 11.5 Å². The number of nitrogens with zero attached hydrogens (tertiary/aromatic N) is 3. The van der Waals surface area contributed by atoms with Crippen molar-refractivity contribution in [2.75, 3.05) is 13.2 Å². The minimum absolute atomic E-state index is 0.0192. The van der Waals surface area contributed by atoms with E-state index in [1.54, 1.807) is 13.8 Å². The number of alkyl halides is 3. The van der Waals surface area contributed by atoms with Crippen LogP contribution >= 0.6 is 23.2 Å². The van der Waals surface area contributed by atoms with E-state index in [0.29, 0.717) is 18.4 Å². The molecule has 0 bridgehead atoms. The Morgan fingerprint density at radius 1 is 1.21 bits per heavy atom. The van der Waals surface area contributed by atoms with E-state index in [9.17, 15) is 32.4 Å². The van der Waals surface area contributed by atoms with Crippen LogP contribution in [0.25, 0.3) is 0 Å². The monoisotopic (exact) mass is 585 g/mol. The summed E-state index contributed by atoms with van der Waals surface area (Å²) in [7, 11) is 0. The molecule has 1 heterocycles. The molecule has 1 saturated carbocycles. The fraction of sp³-hybridized carbons (Fsp3) is 0.385. The molecule has 1 fully saturated rings. The number of ether oxygens (including phenoxy) is 1. The van der Waals surface area contributed by atoms with E-state index in [1.807, 2.05) is 0 Å². The average Bonchev–Trinajstić information content (AvgIpc) is 3.50. The highest BCUT2D eigenvalue weighted by Gasteiger charge is 2.62. The summed E-state index contributed by atoms with van der Waals surface area (Å²) in [6, 6.07) is 7.88. The lowest BCUT2D eigenvalue weighted by Crippen LogP contribution is -2.42. The molecule has 0 spiro atoms. The van der Waals surface area contributed by atoms with Gasteiger partial charge >= 0.3 is 12.3 Å². The number of hydrogen-bond donors (Lipinski definition) is 0. The zero-order valence-electron chi connectivity index (χ0n) is 20.7. The molecule has 0 radical (unpaired) electrons. The molecule has 1 atom stereocenters. The molecule has 7 nitrogen and oxygen atoms in total. The van der Waals surface area contributed by atoms with Crippen molar-refractivity contribution < 1.29 is 36.7 Å². The quantitative estimate of drug-likeness (QED) is 0.271. The second kappa shape index (κ2) is 10.3. The van der Waals surface area contributed by atoms with Crippen molar-refractivity contribution in [1.82, 2.24) is 4.90 Å². The minimum Gasteiger partial charge on any atom is -0.449 e. The third-order valence-corrected chi connectivity index (χ3v) is 7.26. The molecule has 1 aliphatic carbocycles. The van der Waals surface area contributed by atoms with Crippen molar-refractivity contribution in [3.05, 3.63) is 68.4 Å². The Kier molecular flexibility index (Phi) is 7.58. The predicted octanol–water partition coefficient (Wildman–Crippen LogP) is 6.93. The lowest BCUT2D eigenvalue weighted by Gasteiger charge is -2.29. The van der Waals surface area contributed by atoms with Crippen LogP contribution in [0.3, 0.4) is 0 Å². The van der Waals surface area contributed by atoms with Crippen molar-refractivity contribution in [3.63, 3.8) is 0 Å². The molecule has 206 valence electrons. The molecule has 0 saturated heterocycles.